The zero-order valence-corrected chi connectivity index (χ0v) is 21.7. The van der Waals surface area contributed by atoms with Crippen LogP contribution in [0, 0.1) is 23.7 Å². The molecule has 0 aliphatic carbocycles. The average Bonchev–Trinajstić information content (AvgIpc) is 2.65. The van der Waals surface area contributed by atoms with Crippen molar-refractivity contribution < 1.29 is 10.2 Å². The first-order chi connectivity index (χ1) is 14.9. The van der Waals surface area contributed by atoms with Crippen molar-refractivity contribution in [2.24, 2.45) is 23.7 Å². The van der Waals surface area contributed by atoms with Crippen LogP contribution in [0.1, 0.15) is 92.2 Å². The van der Waals surface area contributed by atoms with Crippen molar-refractivity contribution in [3.8, 4) is 11.5 Å². The van der Waals surface area contributed by atoms with Crippen LogP contribution in [0.2, 0.25) is 0 Å². The van der Waals surface area contributed by atoms with Crippen LogP contribution in [0.25, 0.3) is 0 Å². The molecule has 0 fully saturated rings. The van der Waals surface area contributed by atoms with Gasteiger partial charge in [-0.25, -0.2) is 0 Å². The Hall–Kier alpha value is -1.96. The monoisotopic (exact) mass is 438 g/mol. The number of phenols is 2. The van der Waals surface area contributed by atoms with E-state index >= 15 is 0 Å². The second kappa shape index (κ2) is 10.8. The van der Waals surface area contributed by atoms with Gasteiger partial charge in [0.05, 0.1) is 0 Å². The largest absolute Gasteiger partial charge is 0.508 e. The molecule has 2 nitrogen and oxygen atoms in total. The van der Waals surface area contributed by atoms with E-state index in [2.05, 4.69) is 67.5 Å². The van der Waals surface area contributed by atoms with E-state index < -0.39 is 0 Å². The molecule has 2 rings (SSSR count). The van der Waals surface area contributed by atoms with Gasteiger partial charge in [-0.15, -0.1) is 0 Å². The van der Waals surface area contributed by atoms with Gasteiger partial charge in [0.25, 0.3) is 0 Å². The molecule has 0 spiro atoms. The van der Waals surface area contributed by atoms with Crippen molar-refractivity contribution in [1.82, 2.24) is 0 Å². The number of hydrogen-bond donors (Lipinski definition) is 2. The van der Waals surface area contributed by atoms with E-state index in [1.807, 2.05) is 24.3 Å². The maximum Gasteiger partial charge on any atom is 0.115 e. The smallest absolute Gasteiger partial charge is 0.115 e. The molecule has 0 radical (unpaired) electrons. The summed E-state index contributed by atoms with van der Waals surface area (Å²) in [6, 6.07) is 16.0. The summed E-state index contributed by atoms with van der Waals surface area (Å²) in [4.78, 5) is 0. The van der Waals surface area contributed by atoms with Crippen LogP contribution in [0.4, 0.5) is 0 Å². The number of aromatic hydroxyl groups is 2. The molecule has 32 heavy (non-hydrogen) atoms. The average molecular weight is 439 g/mol. The zero-order chi connectivity index (χ0) is 24.1. The van der Waals surface area contributed by atoms with Gasteiger partial charge in [0, 0.05) is 10.8 Å². The fourth-order valence-corrected chi connectivity index (χ4v) is 6.37. The Bertz CT molecular complexity index is 756. The highest BCUT2D eigenvalue weighted by Gasteiger charge is 2.53. The first-order valence-electron chi connectivity index (χ1n) is 12.5. The van der Waals surface area contributed by atoms with Crippen LogP contribution in [-0.2, 0) is 10.8 Å². The first-order valence-corrected chi connectivity index (χ1v) is 12.5. The van der Waals surface area contributed by atoms with Crippen molar-refractivity contribution in [2.75, 3.05) is 0 Å². The van der Waals surface area contributed by atoms with E-state index in [0.717, 1.165) is 25.7 Å². The number of hydrogen-bond acceptors (Lipinski definition) is 2. The highest BCUT2D eigenvalue weighted by molar-refractivity contribution is 5.44. The molecule has 0 unspecified atom stereocenters. The Kier molecular flexibility index (Phi) is 8.85. The highest BCUT2D eigenvalue weighted by atomic mass is 16.3. The summed E-state index contributed by atoms with van der Waals surface area (Å²) in [5.74, 6) is 2.63. The van der Waals surface area contributed by atoms with E-state index in [4.69, 9.17) is 0 Å². The minimum absolute atomic E-state index is 0.170. The van der Waals surface area contributed by atoms with E-state index in [0.29, 0.717) is 35.2 Å². The minimum atomic E-state index is -0.170. The predicted molar refractivity (Wildman–Crippen MR) is 137 cm³/mol. The Balaban J connectivity index is 3.03. The normalized spacial score (nSPS) is 13.0. The molecule has 2 aromatic rings. The van der Waals surface area contributed by atoms with Gasteiger partial charge in [0.1, 0.15) is 11.5 Å². The zero-order valence-electron chi connectivity index (χ0n) is 21.7. The van der Waals surface area contributed by atoms with Gasteiger partial charge in [-0.3, -0.25) is 0 Å². The molecule has 0 heterocycles. The van der Waals surface area contributed by atoms with Crippen molar-refractivity contribution in [3.05, 3.63) is 59.7 Å². The van der Waals surface area contributed by atoms with Crippen LogP contribution in [0.3, 0.4) is 0 Å². The van der Waals surface area contributed by atoms with Gasteiger partial charge >= 0.3 is 0 Å². The molecule has 0 saturated heterocycles. The molecule has 0 bridgehead atoms. The van der Waals surface area contributed by atoms with Crippen molar-refractivity contribution >= 4 is 0 Å². The van der Waals surface area contributed by atoms with Gasteiger partial charge in [-0.2, -0.15) is 0 Å². The molecule has 0 amide bonds. The van der Waals surface area contributed by atoms with Crippen LogP contribution in [0.5, 0.6) is 11.5 Å². The van der Waals surface area contributed by atoms with Crippen molar-refractivity contribution in [1.29, 1.82) is 0 Å². The Morgan fingerprint density at radius 3 is 1.03 bits per heavy atom. The summed E-state index contributed by atoms with van der Waals surface area (Å²) in [5.41, 5.74) is 2.11. The molecule has 0 aliphatic rings. The lowest BCUT2D eigenvalue weighted by molar-refractivity contribution is 0.0953. The quantitative estimate of drug-likeness (QED) is 0.369. The number of rotatable bonds is 11. The standard InChI is InChI=1S/C30H46O2/c1-21(2)17-29(18-22(3)4,25-11-9-13-27(31)15-25)30(19-23(5)6,20-24(7)8)26-12-10-14-28(32)16-26/h9-16,21-24,31-32H,17-20H2,1-8H3. The Labute approximate surface area is 197 Å². The van der Waals surface area contributed by atoms with Crippen molar-refractivity contribution in [2.45, 2.75) is 91.9 Å². The highest BCUT2D eigenvalue weighted by Crippen LogP contribution is 2.58. The fourth-order valence-electron chi connectivity index (χ4n) is 6.37. The molecule has 0 aliphatic heterocycles. The summed E-state index contributed by atoms with van der Waals surface area (Å²) in [6.07, 6.45) is 4.13. The topological polar surface area (TPSA) is 40.5 Å². The van der Waals surface area contributed by atoms with E-state index in [1.54, 1.807) is 12.1 Å². The Morgan fingerprint density at radius 1 is 0.531 bits per heavy atom. The summed E-state index contributed by atoms with van der Waals surface area (Å²) in [7, 11) is 0. The summed E-state index contributed by atoms with van der Waals surface area (Å²) in [5, 5.41) is 21.1. The van der Waals surface area contributed by atoms with Crippen LogP contribution < -0.4 is 0 Å². The maximum absolute atomic E-state index is 10.5. The van der Waals surface area contributed by atoms with Gasteiger partial charge in [-0.05, 0) is 84.7 Å². The second-order valence-electron chi connectivity index (χ2n) is 11.7. The van der Waals surface area contributed by atoms with Gasteiger partial charge in [0.2, 0.25) is 0 Å². The molecule has 178 valence electrons. The summed E-state index contributed by atoms with van der Waals surface area (Å²) < 4.78 is 0. The van der Waals surface area contributed by atoms with E-state index in [9.17, 15) is 10.2 Å². The number of benzene rings is 2. The van der Waals surface area contributed by atoms with Gasteiger partial charge in [0.15, 0.2) is 0 Å². The first kappa shape index (κ1) is 26.3. The van der Waals surface area contributed by atoms with Gasteiger partial charge < -0.3 is 10.2 Å². The molecular weight excluding hydrogens is 392 g/mol. The minimum Gasteiger partial charge on any atom is -0.508 e. The lowest BCUT2D eigenvalue weighted by Gasteiger charge is -2.56. The summed E-state index contributed by atoms with van der Waals surface area (Å²) in [6.45, 7) is 18.5. The number of phenolic OH excluding ortho intramolecular Hbond substituents is 2. The lowest BCUT2D eigenvalue weighted by atomic mass is 9.48. The third-order valence-electron chi connectivity index (χ3n) is 6.74. The predicted octanol–water partition coefficient (Wildman–Crippen LogP) is 8.46. The molecule has 0 atom stereocenters. The van der Waals surface area contributed by atoms with E-state index in [-0.39, 0.29) is 10.8 Å². The Morgan fingerprint density at radius 2 is 0.812 bits per heavy atom. The third-order valence-corrected chi connectivity index (χ3v) is 6.74. The van der Waals surface area contributed by atoms with Gasteiger partial charge in [-0.1, -0.05) is 79.7 Å². The van der Waals surface area contributed by atoms with Crippen LogP contribution in [-0.4, -0.2) is 10.2 Å². The molecule has 0 saturated carbocycles. The van der Waals surface area contributed by atoms with Crippen LogP contribution >= 0.6 is 0 Å². The second-order valence-corrected chi connectivity index (χ2v) is 11.7. The van der Waals surface area contributed by atoms with Crippen LogP contribution in [0.15, 0.2) is 48.5 Å². The fraction of sp³-hybridized carbons (Fsp3) is 0.600. The molecule has 0 aromatic heterocycles. The molecule has 2 heteroatoms. The maximum atomic E-state index is 10.5. The third kappa shape index (κ3) is 5.88. The molecule has 2 aromatic carbocycles. The summed E-state index contributed by atoms with van der Waals surface area (Å²) >= 11 is 0. The van der Waals surface area contributed by atoms with E-state index in [1.165, 1.54) is 11.1 Å². The van der Waals surface area contributed by atoms with Crippen molar-refractivity contribution in [3.63, 3.8) is 0 Å². The lowest BCUT2D eigenvalue weighted by Crippen LogP contribution is -2.52. The molecular formula is C30H46O2. The SMILES string of the molecule is CC(C)CC(CC(C)C)(c1cccc(O)c1)C(CC(C)C)(CC(C)C)c1cccc(O)c1. The molecule has 2 N–H and O–H groups in total.